The number of sulfonamides is 1. The highest BCUT2D eigenvalue weighted by atomic mass is 32.2. The normalized spacial score (nSPS) is 17.4. The Labute approximate surface area is 146 Å². The molecular weight excluding hydrogens is 324 g/mol. The molecule has 0 bridgehead atoms. The monoisotopic (exact) mass is 354 g/mol. The van der Waals surface area contributed by atoms with Crippen molar-refractivity contribution in [1.82, 2.24) is 9.62 Å². The van der Waals surface area contributed by atoms with Gasteiger partial charge in [0.1, 0.15) is 5.75 Å². The first kappa shape index (κ1) is 19.2. The summed E-state index contributed by atoms with van der Waals surface area (Å²) in [5, 5.41) is 0. The lowest BCUT2D eigenvalue weighted by atomic mass is 9.94. The summed E-state index contributed by atoms with van der Waals surface area (Å²) in [4.78, 5) is 2.64. The summed E-state index contributed by atoms with van der Waals surface area (Å²) < 4.78 is 33.2. The van der Waals surface area contributed by atoms with Gasteiger partial charge in [-0.05, 0) is 75.0 Å². The molecular formula is C18H30N2O3S. The maximum absolute atomic E-state index is 12.5. The first-order chi connectivity index (χ1) is 11.3. The molecule has 1 saturated heterocycles. The zero-order valence-corrected chi connectivity index (χ0v) is 16.0. The van der Waals surface area contributed by atoms with Gasteiger partial charge in [0.05, 0.1) is 12.0 Å². The summed E-state index contributed by atoms with van der Waals surface area (Å²) >= 11 is 0. The van der Waals surface area contributed by atoms with Crippen LogP contribution in [0.2, 0.25) is 0 Å². The quantitative estimate of drug-likeness (QED) is 0.818. The van der Waals surface area contributed by atoms with Crippen LogP contribution < -0.4 is 9.46 Å². The molecule has 0 spiro atoms. The minimum absolute atomic E-state index is 0.203. The number of ether oxygens (including phenoxy) is 1. The molecule has 1 aliphatic rings. The van der Waals surface area contributed by atoms with Crippen molar-refractivity contribution >= 4 is 10.0 Å². The summed E-state index contributed by atoms with van der Waals surface area (Å²) in [7, 11) is 0.271. The number of benzene rings is 1. The number of rotatable bonds is 7. The molecule has 2 rings (SSSR count). The van der Waals surface area contributed by atoms with Gasteiger partial charge in [0.25, 0.3) is 0 Å². The fourth-order valence-electron chi connectivity index (χ4n) is 3.16. The van der Waals surface area contributed by atoms with Crippen LogP contribution in [0.5, 0.6) is 5.75 Å². The molecule has 1 heterocycles. The Kier molecular flexibility index (Phi) is 6.66. The van der Waals surface area contributed by atoms with Gasteiger partial charge < -0.3 is 9.64 Å². The number of hydrogen-bond acceptors (Lipinski definition) is 4. The Bertz CT molecular complexity index is 636. The second-order valence-electron chi connectivity index (χ2n) is 6.99. The van der Waals surface area contributed by atoms with Crippen LogP contribution in [-0.4, -0.2) is 47.1 Å². The Morgan fingerprint density at radius 2 is 1.96 bits per heavy atom. The van der Waals surface area contributed by atoms with Gasteiger partial charge in [0, 0.05) is 6.54 Å². The van der Waals surface area contributed by atoms with Crippen molar-refractivity contribution in [3.8, 4) is 5.75 Å². The predicted molar refractivity (Wildman–Crippen MR) is 97.1 cm³/mol. The van der Waals surface area contributed by atoms with Crippen LogP contribution in [0.3, 0.4) is 0 Å². The van der Waals surface area contributed by atoms with E-state index in [9.17, 15) is 8.42 Å². The molecule has 0 atom stereocenters. The van der Waals surface area contributed by atoms with Crippen molar-refractivity contribution in [1.29, 1.82) is 0 Å². The lowest BCUT2D eigenvalue weighted by Crippen LogP contribution is -2.32. The highest BCUT2D eigenvalue weighted by molar-refractivity contribution is 7.89. The van der Waals surface area contributed by atoms with Gasteiger partial charge in [-0.2, -0.15) is 0 Å². The first-order valence-electron chi connectivity index (χ1n) is 8.69. The van der Waals surface area contributed by atoms with E-state index in [1.54, 1.807) is 25.3 Å². The number of piperidine rings is 1. The number of hydrogen-bond donors (Lipinski definition) is 1. The van der Waals surface area contributed by atoms with Gasteiger partial charge in [0.15, 0.2) is 0 Å². The van der Waals surface area contributed by atoms with Crippen LogP contribution >= 0.6 is 0 Å². The van der Waals surface area contributed by atoms with Crippen LogP contribution in [0.4, 0.5) is 0 Å². The molecule has 1 aromatic carbocycles. The van der Waals surface area contributed by atoms with E-state index in [1.807, 2.05) is 13.8 Å². The minimum atomic E-state index is -3.47. The zero-order valence-electron chi connectivity index (χ0n) is 15.2. The van der Waals surface area contributed by atoms with Gasteiger partial charge in [-0.25, -0.2) is 13.1 Å². The third-order valence-electron chi connectivity index (χ3n) is 4.82. The fraction of sp³-hybridized carbons (Fsp3) is 0.667. The lowest BCUT2D eigenvalue weighted by molar-refractivity contribution is 0.213. The number of likely N-dealkylation sites (tertiary alicyclic amines) is 1. The molecule has 0 amide bonds. The van der Waals surface area contributed by atoms with E-state index in [-0.39, 0.29) is 5.92 Å². The van der Waals surface area contributed by atoms with Crippen LogP contribution in [0.25, 0.3) is 0 Å². The van der Waals surface area contributed by atoms with Gasteiger partial charge >= 0.3 is 0 Å². The molecule has 1 N–H and O–H groups in total. The number of nitrogens with zero attached hydrogens (tertiary/aromatic N) is 1. The second-order valence-corrected chi connectivity index (χ2v) is 8.76. The molecule has 0 radical (unpaired) electrons. The molecule has 6 heteroatoms. The summed E-state index contributed by atoms with van der Waals surface area (Å²) in [6.07, 6.45) is 3.21. The van der Waals surface area contributed by atoms with Crippen molar-refractivity contribution in [2.24, 2.45) is 5.92 Å². The van der Waals surface area contributed by atoms with Gasteiger partial charge in [-0.3, -0.25) is 0 Å². The van der Waals surface area contributed by atoms with E-state index in [4.69, 9.17) is 4.74 Å². The standard InChI is InChI=1S/C18H30N2O3S/c1-14(2)17-13-16(5-6-18(17)23-4)24(21,22)19-10-7-15-8-11-20(3)12-9-15/h5-6,13-15,19H,7-12H2,1-4H3. The first-order valence-corrected chi connectivity index (χ1v) is 10.2. The fourth-order valence-corrected chi connectivity index (χ4v) is 4.24. The minimum Gasteiger partial charge on any atom is -0.496 e. The maximum atomic E-state index is 12.5. The molecule has 5 nitrogen and oxygen atoms in total. The number of methoxy groups -OCH3 is 1. The molecule has 1 aliphatic heterocycles. The average molecular weight is 355 g/mol. The highest BCUT2D eigenvalue weighted by Gasteiger charge is 2.20. The van der Waals surface area contributed by atoms with Crippen LogP contribution in [0.1, 0.15) is 44.6 Å². The van der Waals surface area contributed by atoms with Crippen LogP contribution in [0.15, 0.2) is 23.1 Å². The Hall–Kier alpha value is -1.11. The SMILES string of the molecule is COc1ccc(S(=O)(=O)NCCC2CCN(C)CC2)cc1C(C)C. The Morgan fingerprint density at radius 3 is 2.54 bits per heavy atom. The zero-order chi connectivity index (χ0) is 17.7. The summed E-state index contributed by atoms with van der Waals surface area (Å²) in [6, 6.07) is 5.07. The maximum Gasteiger partial charge on any atom is 0.240 e. The van der Waals surface area contributed by atoms with E-state index in [2.05, 4.69) is 16.7 Å². The van der Waals surface area contributed by atoms with E-state index >= 15 is 0 Å². The van der Waals surface area contributed by atoms with Crippen molar-refractivity contribution in [3.05, 3.63) is 23.8 Å². The van der Waals surface area contributed by atoms with Gasteiger partial charge in [-0.15, -0.1) is 0 Å². The van der Waals surface area contributed by atoms with Crippen LogP contribution in [0, 0.1) is 5.92 Å². The van der Waals surface area contributed by atoms with E-state index in [1.165, 1.54) is 0 Å². The third kappa shape index (κ3) is 4.94. The van der Waals surface area contributed by atoms with Crippen molar-refractivity contribution in [3.63, 3.8) is 0 Å². The summed E-state index contributed by atoms with van der Waals surface area (Å²) in [5.41, 5.74) is 0.913. The molecule has 0 saturated carbocycles. The largest absolute Gasteiger partial charge is 0.496 e. The Morgan fingerprint density at radius 1 is 1.29 bits per heavy atom. The molecule has 1 aromatic rings. The molecule has 0 aliphatic carbocycles. The van der Waals surface area contributed by atoms with E-state index in [0.717, 1.165) is 43.7 Å². The smallest absolute Gasteiger partial charge is 0.240 e. The van der Waals surface area contributed by atoms with Crippen molar-refractivity contribution in [2.45, 2.75) is 43.9 Å². The number of nitrogens with one attached hydrogen (secondary N) is 1. The molecule has 0 aromatic heterocycles. The van der Waals surface area contributed by atoms with E-state index in [0.29, 0.717) is 17.4 Å². The molecule has 1 fully saturated rings. The summed E-state index contributed by atoms with van der Waals surface area (Å²) in [6.45, 7) is 6.77. The van der Waals surface area contributed by atoms with Gasteiger partial charge in [-0.1, -0.05) is 13.8 Å². The van der Waals surface area contributed by atoms with E-state index < -0.39 is 10.0 Å². The molecule has 24 heavy (non-hydrogen) atoms. The molecule has 136 valence electrons. The molecule has 0 unspecified atom stereocenters. The second kappa shape index (κ2) is 8.32. The Balaban J connectivity index is 1.98. The van der Waals surface area contributed by atoms with Gasteiger partial charge in [0.2, 0.25) is 10.0 Å². The third-order valence-corrected chi connectivity index (χ3v) is 6.27. The lowest BCUT2D eigenvalue weighted by Gasteiger charge is -2.28. The van der Waals surface area contributed by atoms with Crippen molar-refractivity contribution in [2.75, 3.05) is 33.8 Å². The van der Waals surface area contributed by atoms with Crippen molar-refractivity contribution < 1.29 is 13.2 Å². The van der Waals surface area contributed by atoms with Crippen LogP contribution in [-0.2, 0) is 10.0 Å². The summed E-state index contributed by atoms with van der Waals surface area (Å²) in [5.74, 6) is 1.55. The predicted octanol–water partition coefficient (Wildman–Crippen LogP) is 2.83. The highest BCUT2D eigenvalue weighted by Crippen LogP contribution is 2.29. The topological polar surface area (TPSA) is 58.6 Å². The average Bonchev–Trinajstić information content (AvgIpc) is 2.55.